The van der Waals surface area contributed by atoms with E-state index in [1.54, 1.807) is 42.5 Å². The molecule has 0 saturated carbocycles. The van der Waals surface area contributed by atoms with Crippen LogP contribution >= 0.6 is 0 Å². The summed E-state index contributed by atoms with van der Waals surface area (Å²) in [7, 11) is 0. The summed E-state index contributed by atoms with van der Waals surface area (Å²) in [5.74, 6) is -0.860. The molecule has 3 aromatic carbocycles. The van der Waals surface area contributed by atoms with Crippen LogP contribution in [-0.2, 0) is 0 Å². The van der Waals surface area contributed by atoms with E-state index in [0.29, 0.717) is 33.5 Å². The first-order valence-electron chi connectivity index (χ1n) is 8.25. The van der Waals surface area contributed by atoms with Crippen molar-refractivity contribution in [3.05, 3.63) is 77.9 Å². The Labute approximate surface area is 153 Å². The van der Waals surface area contributed by atoms with E-state index in [1.165, 1.54) is 0 Å². The molecule has 27 heavy (non-hydrogen) atoms. The van der Waals surface area contributed by atoms with Crippen molar-refractivity contribution in [2.45, 2.75) is 0 Å². The molecule has 1 heterocycles. The molecule has 6 heteroatoms. The van der Waals surface area contributed by atoms with Crippen molar-refractivity contribution < 1.29 is 18.7 Å². The molecule has 0 atom stereocenters. The van der Waals surface area contributed by atoms with Gasteiger partial charge in [-0.1, -0.05) is 18.2 Å². The molecule has 4 aromatic rings. The summed E-state index contributed by atoms with van der Waals surface area (Å²) < 4.78 is 27.6. The highest BCUT2D eigenvalue weighted by molar-refractivity contribution is 5.99. The Bertz CT molecular complexity index is 1170. The molecule has 0 aliphatic rings. The van der Waals surface area contributed by atoms with E-state index < -0.39 is 18.2 Å². The molecule has 0 unspecified atom stereocenters. The minimum absolute atomic E-state index is 0.170. The number of aromatic amines is 1. The first kappa shape index (κ1) is 17.1. The number of carbonyl (C=O) groups excluding carboxylic acids is 1. The number of aliphatic hydroxyl groups excluding tert-OH is 1. The molecule has 4 rings (SSSR count). The van der Waals surface area contributed by atoms with Crippen LogP contribution in [0.15, 0.2) is 60.7 Å². The second-order valence-electron chi connectivity index (χ2n) is 6.10. The van der Waals surface area contributed by atoms with Gasteiger partial charge in [-0.25, -0.2) is 13.8 Å². The lowest BCUT2D eigenvalue weighted by atomic mass is 10.0. The number of aromatic nitrogens is 2. The van der Waals surface area contributed by atoms with Crippen molar-refractivity contribution in [1.82, 2.24) is 9.97 Å². The summed E-state index contributed by atoms with van der Waals surface area (Å²) in [6.45, 7) is -0.562. The monoisotopic (exact) mass is 364 g/mol. The number of halogens is 2. The molecule has 0 saturated heterocycles. The number of nitrogens with zero attached hydrogens (tertiary/aromatic N) is 1. The number of carbonyl (C=O) groups is 1. The van der Waals surface area contributed by atoms with Gasteiger partial charge in [-0.15, -0.1) is 0 Å². The SMILES string of the molecule is O=C(CO)c1ccc2nc(-c3cccc(-c4cc(F)ccc4F)c3)[nH]c2c1. The van der Waals surface area contributed by atoms with Gasteiger partial charge in [0.05, 0.1) is 11.0 Å². The Kier molecular flexibility index (Phi) is 4.25. The highest BCUT2D eigenvalue weighted by Gasteiger charge is 2.12. The number of ketones is 1. The van der Waals surface area contributed by atoms with Crippen molar-refractivity contribution in [3.63, 3.8) is 0 Å². The summed E-state index contributed by atoms with van der Waals surface area (Å²) in [5, 5.41) is 8.99. The van der Waals surface area contributed by atoms with Gasteiger partial charge in [0.15, 0.2) is 5.78 Å². The van der Waals surface area contributed by atoms with Crippen LogP contribution in [0.5, 0.6) is 0 Å². The van der Waals surface area contributed by atoms with E-state index >= 15 is 0 Å². The van der Waals surface area contributed by atoms with E-state index in [4.69, 9.17) is 5.11 Å². The minimum atomic E-state index is -0.562. The number of hydrogen-bond donors (Lipinski definition) is 2. The van der Waals surface area contributed by atoms with Crippen molar-refractivity contribution in [1.29, 1.82) is 0 Å². The van der Waals surface area contributed by atoms with Gasteiger partial charge >= 0.3 is 0 Å². The number of nitrogens with one attached hydrogen (secondary N) is 1. The van der Waals surface area contributed by atoms with Crippen LogP contribution in [0.2, 0.25) is 0 Å². The van der Waals surface area contributed by atoms with Crippen LogP contribution < -0.4 is 0 Å². The number of aliphatic hydroxyl groups is 1. The molecule has 0 amide bonds. The van der Waals surface area contributed by atoms with E-state index in [2.05, 4.69) is 9.97 Å². The Morgan fingerprint density at radius 3 is 2.63 bits per heavy atom. The summed E-state index contributed by atoms with van der Waals surface area (Å²) in [5.41, 5.74) is 3.08. The number of fused-ring (bicyclic) bond motifs is 1. The quantitative estimate of drug-likeness (QED) is 0.529. The van der Waals surface area contributed by atoms with Gasteiger partial charge in [-0.05, 0) is 48.0 Å². The lowest BCUT2D eigenvalue weighted by Crippen LogP contribution is -2.03. The fourth-order valence-corrected chi connectivity index (χ4v) is 2.96. The summed E-state index contributed by atoms with van der Waals surface area (Å²) >= 11 is 0. The van der Waals surface area contributed by atoms with Crippen molar-refractivity contribution >= 4 is 16.8 Å². The van der Waals surface area contributed by atoms with E-state index in [1.807, 2.05) is 0 Å². The number of Topliss-reactive ketones (excluding diaryl/α,β-unsaturated/α-hetero) is 1. The van der Waals surface area contributed by atoms with Gasteiger partial charge in [0.2, 0.25) is 0 Å². The van der Waals surface area contributed by atoms with Crippen LogP contribution in [0.1, 0.15) is 10.4 Å². The zero-order valence-electron chi connectivity index (χ0n) is 14.0. The zero-order chi connectivity index (χ0) is 19.0. The highest BCUT2D eigenvalue weighted by Crippen LogP contribution is 2.28. The van der Waals surface area contributed by atoms with Gasteiger partial charge in [0.1, 0.15) is 24.1 Å². The lowest BCUT2D eigenvalue weighted by Gasteiger charge is -2.05. The lowest BCUT2D eigenvalue weighted by molar-refractivity contribution is 0.0904. The number of imidazole rings is 1. The van der Waals surface area contributed by atoms with Gasteiger partial charge in [0, 0.05) is 16.7 Å². The first-order chi connectivity index (χ1) is 13.0. The topological polar surface area (TPSA) is 66.0 Å². The summed E-state index contributed by atoms with van der Waals surface area (Å²) in [6, 6.07) is 15.2. The smallest absolute Gasteiger partial charge is 0.188 e. The molecule has 1 aromatic heterocycles. The average Bonchev–Trinajstić information content (AvgIpc) is 3.12. The third-order valence-electron chi connectivity index (χ3n) is 4.32. The molecular formula is C21H14F2N2O2. The molecule has 0 fully saturated rings. The zero-order valence-corrected chi connectivity index (χ0v) is 14.0. The number of H-pyrrole nitrogens is 1. The highest BCUT2D eigenvalue weighted by atomic mass is 19.1. The van der Waals surface area contributed by atoms with Crippen LogP contribution in [0.25, 0.3) is 33.5 Å². The molecule has 0 spiro atoms. The molecule has 2 N–H and O–H groups in total. The van der Waals surface area contributed by atoms with Gasteiger partial charge < -0.3 is 10.1 Å². The van der Waals surface area contributed by atoms with E-state index in [-0.39, 0.29) is 11.3 Å². The molecule has 134 valence electrons. The number of rotatable bonds is 4. The third kappa shape index (κ3) is 3.22. The van der Waals surface area contributed by atoms with Crippen molar-refractivity contribution in [3.8, 4) is 22.5 Å². The van der Waals surface area contributed by atoms with Crippen LogP contribution in [0.4, 0.5) is 8.78 Å². The second kappa shape index (κ2) is 6.74. The molecule has 0 bridgehead atoms. The molecule has 0 aliphatic carbocycles. The fraction of sp³-hybridized carbons (Fsp3) is 0.0476. The first-order valence-corrected chi connectivity index (χ1v) is 8.25. The predicted molar refractivity (Wildman–Crippen MR) is 98.3 cm³/mol. The maximum atomic E-state index is 14.1. The molecular weight excluding hydrogens is 350 g/mol. The molecule has 0 radical (unpaired) electrons. The largest absolute Gasteiger partial charge is 0.388 e. The minimum Gasteiger partial charge on any atom is -0.388 e. The number of hydrogen-bond acceptors (Lipinski definition) is 3. The maximum Gasteiger partial charge on any atom is 0.188 e. The predicted octanol–water partition coefficient (Wildman–Crippen LogP) is 4.35. The normalized spacial score (nSPS) is 11.1. The van der Waals surface area contributed by atoms with Crippen LogP contribution in [0.3, 0.4) is 0 Å². The maximum absolute atomic E-state index is 14.1. The Balaban J connectivity index is 1.77. The van der Waals surface area contributed by atoms with Crippen molar-refractivity contribution in [2.75, 3.05) is 6.61 Å². The van der Waals surface area contributed by atoms with Gasteiger partial charge in [0.25, 0.3) is 0 Å². The van der Waals surface area contributed by atoms with Crippen LogP contribution in [0, 0.1) is 11.6 Å². The second-order valence-corrected chi connectivity index (χ2v) is 6.10. The average molecular weight is 364 g/mol. The van der Waals surface area contributed by atoms with Gasteiger partial charge in [-0.3, -0.25) is 4.79 Å². The Morgan fingerprint density at radius 2 is 1.81 bits per heavy atom. The third-order valence-corrected chi connectivity index (χ3v) is 4.32. The summed E-state index contributed by atoms with van der Waals surface area (Å²) in [4.78, 5) is 19.3. The summed E-state index contributed by atoms with van der Waals surface area (Å²) in [6.07, 6.45) is 0. The van der Waals surface area contributed by atoms with Gasteiger partial charge in [-0.2, -0.15) is 0 Å². The Hall–Kier alpha value is -3.38. The number of benzene rings is 3. The van der Waals surface area contributed by atoms with Crippen LogP contribution in [-0.4, -0.2) is 27.5 Å². The van der Waals surface area contributed by atoms with Crippen molar-refractivity contribution in [2.24, 2.45) is 0 Å². The molecule has 4 nitrogen and oxygen atoms in total. The fourth-order valence-electron chi connectivity index (χ4n) is 2.96. The Morgan fingerprint density at radius 1 is 1.00 bits per heavy atom. The van der Waals surface area contributed by atoms with E-state index in [9.17, 15) is 13.6 Å². The van der Waals surface area contributed by atoms with E-state index in [0.717, 1.165) is 18.2 Å². The standard InChI is InChI=1S/C21H14F2N2O2/c22-15-5-6-17(23)16(10-15)12-2-1-3-14(8-12)21-24-18-7-4-13(20(27)11-26)9-19(18)25-21/h1-10,26H,11H2,(H,24,25). The molecule has 0 aliphatic heterocycles.